The lowest BCUT2D eigenvalue weighted by Gasteiger charge is -2.13. The normalized spacial score (nSPS) is 9.89. The van der Waals surface area contributed by atoms with Crippen molar-refractivity contribution in [1.29, 1.82) is 0 Å². The van der Waals surface area contributed by atoms with Crippen LogP contribution in [0.2, 0.25) is 0 Å². The highest BCUT2D eigenvalue weighted by molar-refractivity contribution is 6.00. The quantitative estimate of drug-likeness (QED) is 0.642. The second kappa shape index (κ2) is 5.51. The molecule has 0 saturated heterocycles. The molecule has 0 atom stereocenters. The van der Waals surface area contributed by atoms with Gasteiger partial charge >= 0.3 is 12.1 Å². The van der Waals surface area contributed by atoms with Gasteiger partial charge in [-0.3, -0.25) is 4.79 Å². The molecule has 0 radical (unpaired) electrons. The Morgan fingerprint density at radius 2 is 1.58 bits per heavy atom. The van der Waals surface area contributed by atoms with Crippen molar-refractivity contribution in [1.82, 2.24) is 4.90 Å². The van der Waals surface area contributed by atoms with Gasteiger partial charge in [-0.1, -0.05) is 0 Å². The highest BCUT2D eigenvalue weighted by Gasteiger charge is 2.20. The summed E-state index contributed by atoms with van der Waals surface area (Å²) in [5.74, 6) is -1.32. The highest BCUT2D eigenvalue weighted by atomic mass is 16.6. The summed E-state index contributed by atoms with van der Waals surface area (Å²) < 4.78 is 4.69. The first-order valence-electron chi connectivity index (χ1n) is 5.58. The van der Waals surface area contributed by atoms with Gasteiger partial charge in [0.1, 0.15) is 0 Å². The van der Waals surface area contributed by atoms with Crippen LogP contribution in [-0.4, -0.2) is 37.0 Å². The third-order valence-corrected chi connectivity index (χ3v) is 2.57. The predicted octanol–water partition coefficient (Wildman–Crippen LogP) is 1.24. The molecule has 0 aliphatic heterocycles. The van der Waals surface area contributed by atoms with Gasteiger partial charge in [-0.15, -0.1) is 0 Å². The Labute approximate surface area is 111 Å². The smallest absolute Gasteiger partial charge is 0.372 e. The van der Waals surface area contributed by atoms with E-state index in [4.69, 9.17) is 10.5 Å². The zero-order valence-corrected chi connectivity index (χ0v) is 11.3. The number of nitrogens with zero attached hydrogens (tertiary/aromatic N) is 1. The van der Waals surface area contributed by atoms with Crippen molar-refractivity contribution in [2.24, 2.45) is 5.73 Å². The number of hydrogen-bond acceptors (Lipinski definition) is 4. The van der Waals surface area contributed by atoms with Crippen LogP contribution in [0.25, 0.3) is 0 Å². The van der Waals surface area contributed by atoms with Crippen LogP contribution in [0.4, 0.5) is 4.79 Å². The number of carbonyl (C=O) groups excluding carboxylic acids is 3. The predicted molar refractivity (Wildman–Crippen MR) is 68.9 cm³/mol. The van der Waals surface area contributed by atoms with Crippen LogP contribution in [0.1, 0.15) is 31.8 Å². The van der Waals surface area contributed by atoms with Gasteiger partial charge in [0.05, 0.1) is 5.56 Å². The highest BCUT2D eigenvalue weighted by Crippen LogP contribution is 2.18. The van der Waals surface area contributed by atoms with Crippen LogP contribution in [0.5, 0.6) is 0 Å². The maximum Gasteiger partial charge on any atom is 0.417 e. The van der Waals surface area contributed by atoms with Crippen molar-refractivity contribution in [2.75, 3.05) is 14.1 Å². The van der Waals surface area contributed by atoms with E-state index < -0.39 is 18.0 Å². The molecule has 0 bridgehead atoms. The Bertz CT molecular complexity index is 527. The van der Waals surface area contributed by atoms with Gasteiger partial charge in [0.25, 0.3) is 0 Å². The number of aryl methyl sites for hydroxylation is 2. The molecule has 0 saturated carbocycles. The molecule has 2 N–H and O–H groups in total. The van der Waals surface area contributed by atoms with Crippen LogP contribution in [0, 0.1) is 13.8 Å². The molecule has 0 heterocycles. The number of nitrogens with two attached hydrogens (primary N) is 1. The second-order valence-corrected chi connectivity index (χ2v) is 4.40. The molecule has 0 aliphatic carbocycles. The van der Waals surface area contributed by atoms with Crippen LogP contribution in [0.3, 0.4) is 0 Å². The first-order valence-corrected chi connectivity index (χ1v) is 5.58. The number of benzene rings is 1. The number of hydrogen-bond donors (Lipinski definition) is 1. The summed E-state index contributed by atoms with van der Waals surface area (Å²) in [4.78, 5) is 35.5. The summed E-state index contributed by atoms with van der Waals surface area (Å²) in [5, 5.41) is 0. The summed E-state index contributed by atoms with van der Waals surface area (Å²) >= 11 is 0. The fraction of sp³-hybridized carbons (Fsp3) is 0.308. The molecule has 1 aromatic carbocycles. The lowest BCUT2D eigenvalue weighted by molar-refractivity contribution is 0.0571. The lowest BCUT2D eigenvalue weighted by atomic mass is 9.99. The van der Waals surface area contributed by atoms with Gasteiger partial charge in [-0.05, 0) is 37.1 Å². The molecular formula is C13H16N2O4. The third kappa shape index (κ3) is 3.31. The van der Waals surface area contributed by atoms with Crippen LogP contribution >= 0.6 is 0 Å². The molecule has 102 valence electrons. The molecule has 1 aromatic rings. The zero-order valence-electron chi connectivity index (χ0n) is 11.3. The number of esters is 1. The number of primary amides is 1. The van der Waals surface area contributed by atoms with Gasteiger partial charge < -0.3 is 15.4 Å². The van der Waals surface area contributed by atoms with Gasteiger partial charge in [0.15, 0.2) is 0 Å². The number of rotatable bonds is 2. The fourth-order valence-corrected chi connectivity index (χ4v) is 1.65. The maximum absolute atomic E-state index is 11.9. The van der Waals surface area contributed by atoms with Crippen LogP contribution in [0.15, 0.2) is 12.1 Å². The first-order chi connectivity index (χ1) is 8.73. The molecule has 0 unspecified atom stereocenters. The van der Waals surface area contributed by atoms with Gasteiger partial charge in [0.2, 0.25) is 5.91 Å². The standard InChI is InChI=1S/C13H16N2O4/c1-7-5-9(11(14)16)6-8(2)10(7)12(17)19-13(18)15(3)4/h5-6H,1-4H3,(H2,14,16). The van der Waals surface area contributed by atoms with E-state index in [1.807, 2.05) is 0 Å². The number of ether oxygens (including phenoxy) is 1. The first kappa shape index (κ1) is 14.7. The van der Waals surface area contributed by atoms with Crippen molar-refractivity contribution < 1.29 is 19.1 Å². The topological polar surface area (TPSA) is 89.7 Å². The van der Waals surface area contributed by atoms with E-state index >= 15 is 0 Å². The fourth-order valence-electron chi connectivity index (χ4n) is 1.65. The minimum Gasteiger partial charge on any atom is -0.372 e. The molecule has 0 fully saturated rings. The summed E-state index contributed by atoms with van der Waals surface area (Å²) in [6.45, 7) is 3.30. The van der Waals surface area contributed by atoms with E-state index in [1.165, 1.54) is 26.2 Å². The minimum atomic E-state index is -0.747. The van der Waals surface area contributed by atoms with Gasteiger partial charge in [0, 0.05) is 19.7 Å². The van der Waals surface area contributed by atoms with E-state index in [0.29, 0.717) is 16.7 Å². The monoisotopic (exact) mass is 264 g/mol. The van der Waals surface area contributed by atoms with E-state index in [-0.39, 0.29) is 5.56 Å². The van der Waals surface area contributed by atoms with Crippen molar-refractivity contribution in [2.45, 2.75) is 13.8 Å². The van der Waals surface area contributed by atoms with Crippen molar-refractivity contribution in [3.63, 3.8) is 0 Å². The summed E-state index contributed by atoms with van der Waals surface area (Å²) in [7, 11) is 2.96. The third-order valence-electron chi connectivity index (χ3n) is 2.57. The summed E-state index contributed by atoms with van der Waals surface area (Å²) in [6, 6.07) is 2.98. The lowest BCUT2D eigenvalue weighted by Crippen LogP contribution is -2.26. The zero-order chi connectivity index (χ0) is 14.7. The average molecular weight is 264 g/mol. The minimum absolute atomic E-state index is 0.264. The Hall–Kier alpha value is -2.37. The molecular weight excluding hydrogens is 248 g/mol. The maximum atomic E-state index is 11.9. The molecule has 6 nitrogen and oxygen atoms in total. The molecule has 6 heteroatoms. The van der Waals surface area contributed by atoms with Crippen LogP contribution < -0.4 is 5.73 Å². The van der Waals surface area contributed by atoms with Crippen LogP contribution in [-0.2, 0) is 4.74 Å². The molecule has 19 heavy (non-hydrogen) atoms. The van der Waals surface area contributed by atoms with E-state index in [2.05, 4.69) is 0 Å². The largest absolute Gasteiger partial charge is 0.417 e. The molecule has 0 spiro atoms. The molecule has 2 amide bonds. The Morgan fingerprint density at radius 1 is 1.11 bits per heavy atom. The average Bonchev–Trinajstić information content (AvgIpc) is 2.27. The Kier molecular flexibility index (Phi) is 4.26. The number of amides is 2. The van der Waals surface area contributed by atoms with Crippen molar-refractivity contribution in [3.05, 3.63) is 34.4 Å². The van der Waals surface area contributed by atoms with Gasteiger partial charge in [-0.2, -0.15) is 0 Å². The second-order valence-electron chi connectivity index (χ2n) is 4.40. The molecule has 0 aromatic heterocycles. The molecule has 1 rings (SSSR count). The number of carbonyl (C=O) groups is 3. The van der Waals surface area contributed by atoms with Crippen molar-refractivity contribution in [3.8, 4) is 0 Å². The SMILES string of the molecule is Cc1cc(C(N)=O)cc(C)c1C(=O)OC(=O)N(C)C. The Balaban J connectivity index is 3.11. The van der Waals surface area contributed by atoms with Crippen molar-refractivity contribution >= 4 is 18.0 Å². The van der Waals surface area contributed by atoms with Gasteiger partial charge in [-0.25, -0.2) is 9.59 Å². The van der Waals surface area contributed by atoms with E-state index in [0.717, 1.165) is 4.90 Å². The summed E-state index contributed by atoms with van der Waals surface area (Å²) in [5.41, 5.74) is 6.82. The molecule has 0 aliphatic rings. The van der Waals surface area contributed by atoms with E-state index in [1.54, 1.807) is 13.8 Å². The summed E-state index contributed by atoms with van der Waals surface area (Å²) in [6.07, 6.45) is -0.747. The van der Waals surface area contributed by atoms with E-state index in [9.17, 15) is 14.4 Å². The Morgan fingerprint density at radius 3 is 1.95 bits per heavy atom.